The zero-order valence-electron chi connectivity index (χ0n) is 16.8. The number of primary amides is 1. The molecule has 3 aromatic rings. The van der Waals surface area contributed by atoms with Crippen LogP contribution in [0.3, 0.4) is 0 Å². The fraction of sp³-hybridized carbons (Fsp3) is 0.273. The highest BCUT2D eigenvalue weighted by atomic mass is 32.1. The first-order valence-corrected chi connectivity index (χ1v) is 10.8. The summed E-state index contributed by atoms with van der Waals surface area (Å²) in [5.74, 6) is -1.19. The number of aromatic hydroxyl groups is 1. The molecule has 1 aliphatic carbocycles. The molecule has 0 radical (unpaired) electrons. The van der Waals surface area contributed by atoms with Crippen LogP contribution in [0.2, 0.25) is 0 Å². The monoisotopic (exact) mass is 463 g/mol. The molecule has 6 nitrogen and oxygen atoms in total. The van der Waals surface area contributed by atoms with E-state index in [0.29, 0.717) is 16.4 Å². The maximum absolute atomic E-state index is 13.6. The largest absolute Gasteiger partial charge is 0.507 e. The van der Waals surface area contributed by atoms with Gasteiger partial charge < -0.3 is 20.9 Å². The Morgan fingerprint density at radius 1 is 1.19 bits per heavy atom. The maximum Gasteiger partial charge on any atom is 0.420 e. The Kier molecular flexibility index (Phi) is 5.96. The van der Waals surface area contributed by atoms with Crippen molar-refractivity contribution in [3.63, 3.8) is 0 Å². The summed E-state index contributed by atoms with van der Waals surface area (Å²) < 4.78 is 46.5. The zero-order chi connectivity index (χ0) is 22.9. The number of hydrogen-bond donors (Lipinski definition) is 3. The summed E-state index contributed by atoms with van der Waals surface area (Å²) in [5.41, 5.74) is 5.61. The van der Waals surface area contributed by atoms with Crippen molar-refractivity contribution >= 4 is 28.1 Å². The molecule has 1 aliphatic rings. The first kappa shape index (κ1) is 21.9. The topological polar surface area (TPSA) is 97.5 Å². The summed E-state index contributed by atoms with van der Waals surface area (Å²) in [6, 6.07) is 8.17. The van der Waals surface area contributed by atoms with Gasteiger partial charge in [0.05, 0.1) is 22.9 Å². The van der Waals surface area contributed by atoms with Crippen molar-refractivity contribution < 1.29 is 27.8 Å². The van der Waals surface area contributed by atoms with E-state index in [2.05, 4.69) is 10.3 Å². The number of amides is 1. The van der Waals surface area contributed by atoms with Gasteiger partial charge in [0.2, 0.25) is 0 Å². The van der Waals surface area contributed by atoms with E-state index in [9.17, 15) is 23.1 Å². The predicted molar refractivity (Wildman–Crippen MR) is 115 cm³/mol. The Morgan fingerprint density at radius 2 is 1.94 bits per heavy atom. The second-order valence-corrected chi connectivity index (χ2v) is 8.35. The molecule has 4 rings (SSSR count). The van der Waals surface area contributed by atoms with E-state index >= 15 is 0 Å². The minimum Gasteiger partial charge on any atom is -0.507 e. The van der Waals surface area contributed by atoms with E-state index in [1.165, 1.54) is 35.6 Å². The van der Waals surface area contributed by atoms with Crippen molar-refractivity contribution in [3.05, 3.63) is 52.9 Å². The number of rotatable bonds is 6. The molecule has 4 N–H and O–H groups in total. The van der Waals surface area contributed by atoms with Crippen molar-refractivity contribution in [1.29, 1.82) is 0 Å². The quantitative estimate of drug-likeness (QED) is 0.436. The number of aromatic nitrogens is 1. The molecule has 10 heteroatoms. The number of halogens is 3. The second kappa shape index (κ2) is 8.70. The lowest BCUT2D eigenvalue weighted by atomic mass is 10.1. The van der Waals surface area contributed by atoms with Gasteiger partial charge in [-0.3, -0.25) is 4.79 Å². The molecular weight excluding hydrogens is 443 g/mol. The number of anilines is 2. The fourth-order valence-corrected chi connectivity index (χ4v) is 4.34. The number of hydrogen-bond acceptors (Lipinski definition) is 6. The van der Waals surface area contributed by atoms with Gasteiger partial charge in [-0.25, -0.2) is 4.98 Å². The highest BCUT2D eigenvalue weighted by Crippen LogP contribution is 2.40. The van der Waals surface area contributed by atoms with E-state index in [0.717, 1.165) is 31.7 Å². The molecule has 1 saturated carbocycles. The molecule has 1 fully saturated rings. The first-order chi connectivity index (χ1) is 15.2. The average molecular weight is 463 g/mol. The maximum atomic E-state index is 13.6. The number of carbonyl (C=O) groups excluding carboxylic acids is 1. The van der Waals surface area contributed by atoms with Crippen LogP contribution < -0.4 is 15.8 Å². The molecule has 0 atom stereocenters. The third-order valence-corrected chi connectivity index (χ3v) is 5.95. The van der Waals surface area contributed by atoms with Crippen molar-refractivity contribution in [3.8, 4) is 22.8 Å². The summed E-state index contributed by atoms with van der Waals surface area (Å²) in [7, 11) is 0. The lowest BCUT2D eigenvalue weighted by Gasteiger charge is -2.19. The number of alkyl halides is 3. The van der Waals surface area contributed by atoms with E-state index < -0.39 is 17.6 Å². The van der Waals surface area contributed by atoms with Crippen LogP contribution in [0.5, 0.6) is 11.5 Å². The van der Waals surface area contributed by atoms with Crippen LogP contribution >= 0.6 is 11.3 Å². The third kappa shape index (κ3) is 4.80. The SMILES string of the molecule is NC(=O)c1cc(-c2csc(Nc3ccc(OC4CCCC4)c(C(F)(F)F)c3)n2)ccc1O. The van der Waals surface area contributed by atoms with Crippen molar-refractivity contribution in [1.82, 2.24) is 4.98 Å². The van der Waals surface area contributed by atoms with Gasteiger partial charge >= 0.3 is 6.18 Å². The zero-order valence-corrected chi connectivity index (χ0v) is 17.6. The van der Waals surface area contributed by atoms with Gasteiger partial charge in [-0.2, -0.15) is 13.2 Å². The van der Waals surface area contributed by atoms with Crippen molar-refractivity contribution in [2.24, 2.45) is 5.73 Å². The van der Waals surface area contributed by atoms with Crippen molar-refractivity contribution in [2.45, 2.75) is 38.0 Å². The molecule has 1 heterocycles. The second-order valence-electron chi connectivity index (χ2n) is 7.49. The van der Waals surface area contributed by atoms with Gasteiger partial charge in [0.1, 0.15) is 11.5 Å². The van der Waals surface area contributed by atoms with Crippen LogP contribution in [0, 0.1) is 0 Å². The lowest BCUT2D eigenvalue weighted by Crippen LogP contribution is -2.15. The number of thiazole rings is 1. The molecule has 0 bridgehead atoms. The summed E-state index contributed by atoms with van der Waals surface area (Å²) >= 11 is 1.19. The van der Waals surface area contributed by atoms with Crippen LogP contribution in [-0.2, 0) is 6.18 Å². The molecule has 0 saturated heterocycles. The van der Waals surface area contributed by atoms with Crippen LogP contribution in [0.4, 0.5) is 24.0 Å². The Bertz CT molecular complexity index is 1140. The molecular formula is C22H20F3N3O3S. The van der Waals surface area contributed by atoms with E-state index in [-0.39, 0.29) is 28.9 Å². The highest BCUT2D eigenvalue weighted by molar-refractivity contribution is 7.14. The number of ether oxygens (including phenoxy) is 1. The molecule has 32 heavy (non-hydrogen) atoms. The number of nitrogens with one attached hydrogen (secondary N) is 1. The molecule has 168 valence electrons. The Morgan fingerprint density at radius 3 is 2.62 bits per heavy atom. The van der Waals surface area contributed by atoms with E-state index in [1.54, 1.807) is 11.4 Å². The minimum atomic E-state index is -4.56. The normalized spacial score (nSPS) is 14.5. The van der Waals surface area contributed by atoms with Gasteiger partial charge in [0, 0.05) is 16.6 Å². The molecule has 1 amide bonds. The van der Waals surface area contributed by atoms with Gasteiger partial charge in [-0.1, -0.05) is 0 Å². The highest BCUT2D eigenvalue weighted by Gasteiger charge is 2.35. The third-order valence-electron chi connectivity index (χ3n) is 5.19. The number of benzene rings is 2. The van der Waals surface area contributed by atoms with E-state index in [4.69, 9.17) is 10.5 Å². The predicted octanol–water partition coefficient (Wildman–Crippen LogP) is 5.70. The van der Waals surface area contributed by atoms with Gasteiger partial charge in [0.25, 0.3) is 5.91 Å². The van der Waals surface area contributed by atoms with Crippen LogP contribution in [-0.4, -0.2) is 22.1 Å². The number of phenols is 1. The summed E-state index contributed by atoms with van der Waals surface area (Å²) in [6.07, 6.45) is -1.31. The Hall–Kier alpha value is -3.27. The van der Waals surface area contributed by atoms with Crippen LogP contribution in [0.15, 0.2) is 41.8 Å². The summed E-state index contributed by atoms with van der Waals surface area (Å²) in [6.45, 7) is 0. The minimum absolute atomic E-state index is 0.0438. The van der Waals surface area contributed by atoms with Gasteiger partial charge in [0.15, 0.2) is 5.13 Å². The molecule has 0 spiro atoms. The number of carbonyl (C=O) groups is 1. The van der Waals surface area contributed by atoms with Gasteiger partial charge in [-0.05, 0) is 62.1 Å². The molecule has 0 unspecified atom stereocenters. The van der Waals surface area contributed by atoms with Crippen LogP contribution in [0.1, 0.15) is 41.6 Å². The standard InChI is InChI=1S/C22H20F3N3O3S/c23-22(24,25)16-10-13(6-8-19(16)31-14-3-1-2-4-14)27-21-28-17(11-32-21)12-5-7-18(29)15(9-12)20(26)30/h5-11,14,29H,1-4H2,(H2,26,30)(H,27,28). The van der Waals surface area contributed by atoms with E-state index in [1.807, 2.05) is 0 Å². The van der Waals surface area contributed by atoms with Crippen molar-refractivity contribution in [2.75, 3.05) is 5.32 Å². The lowest BCUT2D eigenvalue weighted by molar-refractivity contribution is -0.139. The smallest absolute Gasteiger partial charge is 0.420 e. The summed E-state index contributed by atoms with van der Waals surface area (Å²) in [4.78, 5) is 15.8. The first-order valence-electron chi connectivity index (χ1n) is 9.94. The van der Waals surface area contributed by atoms with Gasteiger partial charge in [-0.15, -0.1) is 11.3 Å². The molecule has 2 aromatic carbocycles. The van der Waals surface area contributed by atoms with Crippen LogP contribution in [0.25, 0.3) is 11.3 Å². The Balaban J connectivity index is 1.56. The molecule has 0 aliphatic heterocycles. The number of nitrogens with two attached hydrogens (primary N) is 1. The fourth-order valence-electron chi connectivity index (χ4n) is 3.60. The molecule has 1 aromatic heterocycles. The average Bonchev–Trinajstić information content (AvgIpc) is 3.41. The number of nitrogens with zero attached hydrogens (tertiary/aromatic N) is 1. The summed E-state index contributed by atoms with van der Waals surface area (Å²) in [5, 5.41) is 14.7. The Labute approximate surface area is 185 Å².